The Bertz CT molecular complexity index is 421. The van der Waals surface area contributed by atoms with Crippen molar-refractivity contribution in [3.8, 4) is 0 Å². The maximum Gasteiger partial charge on any atom is 0.313 e. The number of benzene rings is 1. The van der Waals surface area contributed by atoms with Gasteiger partial charge in [0.2, 0.25) is 0 Å². The molecule has 1 rings (SSSR count). The van der Waals surface area contributed by atoms with E-state index in [2.05, 4.69) is 10.6 Å². The highest BCUT2D eigenvalue weighted by Gasteiger charge is 2.13. The Balaban J connectivity index is 2.51. The van der Waals surface area contributed by atoms with E-state index in [-0.39, 0.29) is 6.54 Å². The minimum absolute atomic E-state index is 0.0296. The third kappa shape index (κ3) is 4.84. The predicted molar refractivity (Wildman–Crippen MR) is 64.8 cm³/mol. The molecule has 0 aliphatic rings. The molecule has 1 aromatic carbocycles. The molecule has 3 N–H and O–H groups in total. The molecule has 1 aromatic rings. The van der Waals surface area contributed by atoms with Crippen LogP contribution in [0.25, 0.3) is 0 Å². The first-order chi connectivity index (χ1) is 7.99. The van der Waals surface area contributed by atoms with Crippen molar-refractivity contribution in [1.29, 1.82) is 0 Å². The zero-order valence-electron chi connectivity index (χ0n) is 9.24. The summed E-state index contributed by atoms with van der Waals surface area (Å²) in [7, 11) is 0. The van der Waals surface area contributed by atoms with Crippen LogP contribution < -0.4 is 10.6 Å². The Kier molecular flexibility index (Phi) is 4.93. The third-order valence-corrected chi connectivity index (χ3v) is 2.08. The Morgan fingerprint density at radius 1 is 1.41 bits per heavy atom. The first kappa shape index (κ1) is 13.5. The summed E-state index contributed by atoms with van der Waals surface area (Å²) in [5.74, 6) is -1.60. The van der Waals surface area contributed by atoms with Crippen LogP contribution in [0.15, 0.2) is 24.3 Å². The molecule has 6 heteroatoms. The van der Waals surface area contributed by atoms with Crippen molar-refractivity contribution in [2.24, 2.45) is 0 Å². The Morgan fingerprint density at radius 3 is 2.71 bits per heavy atom. The van der Waals surface area contributed by atoms with Crippen LogP contribution >= 0.6 is 11.6 Å². The Hall–Kier alpha value is -1.59. The summed E-state index contributed by atoms with van der Waals surface area (Å²) in [6.45, 7) is 1.54. The summed E-state index contributed by atoms with van der Waals surface area (Å²) in [5, 5.41) is 14.1. The normalized spacial score (nSPS) is 11.7. The molecule has 0 aliphatic carbocycles. The number of aliphatic hydroxyl groups is 1. The summed E-state index contributed by atoms with van der Waals surface area (Å²) in [5.41, 5.74) is 0.440. The molecule has 0 aromatic heterocycles. The van der Waals surface area contributed by atoms with E-state index in [0.29, 0.717) is 10.7 Å². The number of aliphatic hydroxyl groups excluding tert-OH is 1. The highest BCUT2D eigenvalue weighted by atomic mass is 35.5. The molecule has 5 nitrogen and oxygen atoms in total. The molecule has 0 heterocycles. The van der Waals surface area contributed by atoms with Gasteiger partial charge in [-0.15, -0.1) is 0 Å². The zero-order valence-corrected chi connectivity index (χ0v) is 9.99. The van der Waals surface area contributed by atoms with E-state index in [1.165, 1.54) is 13.0 Å². The highest BCUT2D eigenvalue weighted by molar-refractivity contribution is 6.39. The number of rotatable bonds is 3. The number of nitrogens with one attached hydrogen (secondary N) is 2. The van der Waals surface area contributed by atoms with Crippen LogP contribution in [0.5, 0.6) is 0 Å². The highest BCUT2D eigenvalue weighted by Crippen LogP contribution is 2.14. The molecule has 1 unspecified atom stereocenters. The molecule has 0 saturated carbocycles. The maximum atomic E-state index is 11.4. The smallest absolute Gasteiger partial charge is 0.313 e. The second-order valence-electron chi connectivity index (χ2n) is 3.52. The molecular formula is C11H13ClN2O3. The minimum atomic E-state index is -0.800. The first-order valence-corrected chi connectivity index (χ1v) is 5.39. The topological polar surface area (TPSA) is 78.4 Å². The molecular weight excluding hydrogens is 244 g/mol. The Labute approximate surface area is 104 Å². The average molecular weight is 257 g/mol. The van der Waals surface area contributed by atoms with Gasteiger partial charge in [0.15, 0.2) is 0 Å². The van der Waals surface area contributed by atoms with Crippen molar-refractivity contribution in [2.75, 3.05) is 11.9 Å². The van der Waals surface area contributed by atoms with E-state index in [9.17, 15) is 9.59 Å². The maximum absolute atomic E-state index is 11.4. The number of carbonyl (C=O) groups excluding carboxylic acids is 2. The monoisotopic (exact) mass is 256 g/mol. The van der Waals surface area contributed by atoms with E-state index >= 15 is 0 Å². The summed E-state index contributed by atoms with van der Waals surface area (Å²) < 4.78 is 0. The number of hydrogen-bond donors (Lipinski definition) is 3. The Morgan fingerprint density at radius 2 is 2.12 bits per heavy atom. The van der Waals surface area contributed by atoms with Gasteiger partial charge in [-0.25, -0.2) is 0 Å². The fourth-order valence-corrected chi connectivity index (χ4v) is 1.27. The summed E-state index contributed by atoms with van der Waals surface area (Å²) in [4.78, 5) is 22.7. The van der Waals surface area contributed by atoms with E-state index in [1.807, 2.05) is 0 Å². The zero-order chi connectivity index (χ0) is 12.8. The second kappa shape index (κ2) is 6.22. The van der Waals surface area contributed by atoms with Crippen LogP contribution in [0.3, 0.4) is 0 Å². The largest absolute Gasteiger partial charge is 0.392 e. The van der Waals surface area contributed by atoms with Crippen LogP contribution in [-0.4, -0.2) is 29.6 Å². The molecule has 1 atom stereocenters. The lowest BCUT2D eigenvalue weighted by molar-refractivity contribution is -0.136. The van der Waals surface area contributed by atoms with Gasteiger partial charge in [-0.05, 0) is 25.1 Å². The second-order valence-corrected chi connectivity index (χ2v) is 3.96. The minimum Gasteiger partial charge on any atom is -0.392 e. The molecule has 0 saturated heterocycles. The van der Waals surface area contributed by atoms with Gasteiger partial charge in [0, 0.05) is 17.3 Å². The van der Waals surface area contributed by atoms with Crippen molar-refractivity contribution >= 4 is 29.1 Å². The molecule has 0 fully saturated rings. The number of anilines is 1. The SMILES string of the molecule is CC(O)CNC(=O)C(=O)Nc1cccc(Cl)c1. The summed E-state index contributed by atoms with van der Waals surface area (Å²) >= 11 is 5.73. The van der Waals surface area contributed by atoms with Crippen molar-refractivity contribution in [3.05, 3.63) is 29.3 Å². The number of hydrogen-bond acceptors (Lipinski definition) is 3. The standard InChI is InChI=1S/C11H13ClN2O3/c1-7(15)6-13-10(16)11(17)14-9-4-2-3-8(12)5-9/h2-5,7,15H,6H2,1H3,(H,13,16)(H,14,17). The lowest BCUT2D eigenvalue weighted by Gasteiger charge is -2.07. The lowest BCUT2D eigenvalue weighted by Crippen LogP contribution is -2.38. The van der Waals surface area contributed by atoms with E-state index < -0.39 is 17.9 Å². The van der Waals surface area contributed by atoms with Gasteiger partial charge >= 0.3 is 11.8 Å². The molecule has 0 bridgehead atoms. The van der Waals surface area contributed by atoms with Gasteiger partial charge in [-0.1, -0.05) is 17.7 Å². The number of halogens is 1. The van der Waals surface area contributed by atoms with Crippen molar-refractivity contribution in [1.82, 2.24) is 5.32 Å². The van der Waals surface area contributed by atoms with Gasteiger partial charge < -0.3 is 15.7 Å². The fraction of sp³-hybridized carbons (Fsp3) is 0.273. The van der Waals surface area contributed by atoms with Crippen molar-refractivity contribution in [3.63, 3.8) is 0 Å². The fourth-order valence-electron chi connectivity index (χ4n) is 1.07. The lowest BCUT2D eigenvalue weighted by atomic mass is 10.3. The van der Waals surface area contributed by atoms with E-state index in [1.54, 1.807) is 18.2 Å². The molecule has 0 aliphatic heterocycles. The van der Waals surface area contributed by atoms with Crippen LogP contribution in [0.1, 0.15) is 6.92 Å². The van der Waals surface area contributed by atoms with Crippen LogP contribution in [-0.2, 0) is 9.59 Å². The van der Waals surface area contributed by atoms with Crippen LogP contribution in [0, 0.1) is 0 Å². The van der Waals surface area contributed by atoms with Gasteiger partial charge in [0.05, 0.1) is 6.10 Å². The molecule has 0 spiro atoms. The van der Waals surface area contributed by atoms with Gasteiger partial charge in [-0.2, -0.15) is 0 Å². The summed E-state index contributed by atoms with van der Waals surface area (Å²) in [6.07, 6.45) is -0.696. The molecule has 2 amide bonds. The van der Waals surface area contributed by atoms with Crippen molar-refractivity contribution < 1.29 is 14.7 Å². The predicted octanol–water partition coefficient (Wildman–Crippen LogP) is 0.775. The molecule has 92 valence electrons. The van der Waals surface area contributed by atoms with E-state index in [4.69, 9.17) is 16.7 Å². The van der Waals surface area contributed by atoms with E-state index in [0.717, 1.165) is 0 Å². The van der Waals surface area contributed by atoms with Gasteiger partial charge in [0.25, 0.3) is 0 Å². The third-order valence-electron chi connectivity index (χ3n) is 1.85. The van der Waals surface area contributed by atoms with Crippen LogP contribution in [0.2, 0.25) is 5.02 Å². The molecule has 0 radical (unpaired) electrons. The number of carbonyl (C=O) groups is 2. The number of amides is 2. The van der Waals surface area contributed by atoms with Crippen molar-refractivity contribution in [2.45, 2.75) is 13.0 Å². The quantitative estimate of drug-likeness (QED) is 0.699. The van der Waals surface area contributed by atoms with Gasteiger partial charge in [-0.3, -0.25) is 9.59 Å². The summed E-state index contributed by atoms with van der Waals surface area (Å²) in [6, 6.07) is 6.46. The first-order valence-electron chi connectivity index (χ1n) is 5.02. The average Bonchev–Trinajstić information content (AvgIpc) is 2.25. The van der Waals surface area contributed by atoms with Crippen LogP contribution in [0.4, 0.5) is 5.69 Å². The molecule has 17 heavy (non-hydrogen) atoms. The van der Waals surface area contributed by atoms with Gasteiger partial charge in [0.1, 0.15) is 0 Å².